The van der Waals surface area contributed by atoms with E-state index in [1.807, 2.05) is 30.3 Å². The van der Waals surface area contributed by atoms with Crippen LogP contribution in [0.15, 0.2) is 65.8 Å². The predicted octanol–water partition coefficient (Wildman–Crippen LogP) is 2.36. The number of hydrogen-bond acceptors (Lipinski definition) is 4. The minimum absolute atomic E-state index is 0.131. The Labute approximate surface area is 132 Å². The first-order valence-electron chi connectivity index (χ1n) is 6.90. The second kappa shape index (κ2) is 6.15. The number of ether oxygens (including phenoxy) is 1. The van der Waals surface area contributed by atoms with Crippen molar-refractivity contribution in [3.63, 3.8) is 0 Å². The Morgan fingerprint density at radius 2 is 1.74 bits per heavy atom. The Morgan fingerprint density at radius 3 is 2.57 bits per heavy atom. The smallest absolute Gasteiger partial charge is 0.347 e. The van der Waals surface area contributed by atoms with Gasteiger partial charge in [-0.25, -0.2) is 14.8 Å². The molecular formula is C17H14N4O2. The van der Waals surface area contributed by atoms with Gasteiger partial charge in [0.05, 0.1) is 11.3 Å². The molecule has 1 aromatic heterocycles. The summed E-state index contributed by atoms with van der Waals surface area (Å²) in [5, 5.41) is 1.69. The van der Waals surface area contributed by atoms with Crippen molar-refractivity contribution in [2.75, 3.05) is 0 Å². The second-order valence-electron chi connectivity index (χ2n) is 4.78. The molecule has 0 fully saturated rings. The van der Waals surface area contributed by atoms with Gasteiger partial charge in [0.25, 0.3) is 0 Å². The van der Waals surface area contributed by atoms with Crippen molar-refractivity contribution in [2.45, 2.75) is 0 Å². The van der Waals surface area contributed by atoms with Crippen LogP contribution in [0, 0.1) is 0 Å². The molecule has 3 rings (SSSR count). The lowest BCUT2D eigenvalue weighted by atomic mass is 10.1. The summed E-state index contributed by atoms with van der Waals surface area (Å²) >= 11 is 0. The highest BCUT2D eigenvalue weighted by Gasteiger charge is 2.15. The van der Waals surface area contributed by atoms with Crippen molar-refractivity contribution in [2.24, 2.45) is 16.5 Å². The van der Waals surface area contributed by atoms with Crippen LogP contribution in [-0.4, -0.2) is 16.9 Å². The van der Waals surface area contributed by atoms with Gasteiger partial charge in [0.1, 0.15) is 0 Å². The van der Waals surface area contributed by atoms with E-state index >= 15 is 0 Å². The number of aromatic nitrogens is 1. The third kappa shape index (κ3) is 3.11. The molecule has 2 aromatic carbocycles. The number of rotatable bonds is 3. The fourth-order valence-electron chi connectivity index (χ4n) is 2.20. The lowest BCUT2D eigenvalue weighted by Gasteiger charge is -2.08. The molecule has 0 saturated heterocycles. The zero-order chi connectivity index (χ0) is 16.2. The Hall–Kier alpha value is -3.41. The molecule has 114 valence electrons. The van der Waals surface area contributed by atoms with Crippen molar-refractivity contribution in [1.82, 2.24) is 4.98 Å². The number of guanidine groups is 1. The highest BCUT2D eigenvalue weighted by Crippen LogP contribution is 2.25. The van der Waals surface area contributed by atoms with Crippen LogP contribution in [0.5, 0.6) is 5.88 Å². The molecule has 0 amide bonds. The molecule has 1 heterocycles. The molecule has 3 aromatic rings. The number of benzene rings is 2. The highest BCUT2D eigenvalue weighted by atomic mass is 16.5. The summed E-state index contributed by atoms with van der Waals surface area (Å²) in [6.45, 7) is 0. The zero-order valence-corrected chi connectivity index (χ0v) is 12.1. The molecule has 0 aliphatic rings. The van der Waals surface area contributed by atoms with Gasteiger partial charge in [0.2, 0.25) is 5.88 Å². The number of hydrogen-bond donors (Lipinski definition) is 2. The van der Waals surface area contributed by atoms with E-state index in [4.69, 9.17) is 16.2 Å². The van der Waals surface area contributed by atoms with Gasteiger partial charge in [0, 0.05) is 11.6 Å². The number of carbonyl (C=O) groups excluding carboxylic acids is 1. The Bertz CT molecular complexity index is 896. The third-order valence-corrected chi connectivity index (χ3v) is 3.20. The van der Waals surface area contributed by atoms with Gasteiger partial charge < -0.3 is 16.2 Å². The lowest BCUT2D eigenvalue weighted by Crippen LogP contribution is -2.22. The fourth-order valence-corrected chi connectivity index (χ4v) is 2.20. The molecule has 0 spiro atoms. The largest absolute Gasteiger partial charge is 0.403 e. The number of nitrogens with zero attached hydrogens (tertiary/aromatic N) is 2. The molecule has 0 atom stereocenters. The van der Waals surface area contributed by atoms with Crippen LogP contribution >= 0.6 is 0 Å². The van der Waals surface area contributed by atoms with E-state index in [0.717, 1.165) is 10.8 Å². The number of fused-ring (bicyclic) bond motifs is 1. The zero-order valence-electron chi connectivity index (χ0n) is 12.1. The first kappa shape index (κ1) is 14.5. The Balaban J connectivity index is 1.98. The molecular weight excluding hydrogens is 292 g/mol. The second-order valence-corrected chi connectivity index (χ2v) is 4.78. The van der Waals surface area contributed by atoms with Crippen LogP contribution in [0.25, 0.3) is 10.8 Å². The van der Waals surface area contributed by atoms with Crippen LogP contribution in [-0.2, 0) is 0 Å². The third-order valence-electron chi connectivity index (χ3n) is 3.20. The number of nitrogens with two attached hydrogens (primary N) is 2. The minimum atomic E-state index is -0.575. The van der Waals surface area contributed by atoms with Gasteiger partial charge in [-0.1, -0.05) is 30.3 Å². The van der Waals surface area contributed by atoms with Gasteiger partial charge in [0.15, 0.2) is 5.96 Å². The molecule has 4 N–H and O–H groups in total. The van der Waals surface area contributed by atoms with E-state index < -0.39 is 5.97 Å². The minimum Gasteiger partial charge on any atom is -0.403 e. The highest BCUT2D eigenvalue weighted by molar-refractivity contribution is 5.99. The molecule has 0 saturated carbocycles. The molecule has 23 heavy (non-hydrogen) atoms. The average molecular weight is 306 g/mol. The van der Waals surface area contributed by atoms with Crippen molar-refractivity contribution in [1.29, 1.82) is 0 Å². The Kier molecular flexibility index (Phi) is 3.88. The number of carbonyl (C=O) groups is 1. The van der Waals surface area contributed by atoms with Crippen molar-refractivity contribution in [3.05, 3.63) is 66.4 Å². The average Bonchev–Trinajstić information content (AvgIpc) is 2.55. The van der Waals surface area contributed by atoms with Crippen molar-refractivity contribution < 1.29 is 9.53 Å². The fraction of sp³-hybridized carbons (Fsp3) is 0. The van der Waals surface area contributed by atoms with Gasteiger partial charge >= 0.3 is 5.97 Å². The van der Waals surface area contributed by atoms with Gasteiger partial charge in [-0.3, -0.25) is 0 Å². The molecule has 0 bridgehead atoms. The van der Waals surface area contributed by atoms with E-state index in [-0.39, 0.29) is 17.4 Å². The van der Waals surface area contributed by atoms with Crippen LogP contribution in [0.3, 0.4) is 0 Å². The van der Waals surface area contributed by atoms with Crippen LogP contribution in [0.2, 0.25) is 0 Å². The monoisotopic (exact) mass is 306 g/mol. The molecule has 6 heteroatoms. The van der Waals surface area contributed by atoms with E-state index in [0.29, 0.717) is 5.69 Å². The van der Waals surface area contributed by atoms with Gasteiger partial charge in [-0.2, -0.15) is 0 Å². The van der Waals surface area contributed by atoms with Crippen LogP contribution < -0.4 is 16.2 Å². The number of esters is 1. The van der Waals surface area contributed by atoms with Crippen LogP contribution in [0.1, 0.15) is 10.4 Å². The topological polar surface area (TPSA) is 104 Å². The first-order valence-corrected chi connectivity index (χ1v) is 6.90. The maximum atomic E-state index is 12.4. The van der Waals surface area contributed by atoms with Crippen LogP contribution in [0.4, 0.5) is 5.69 Å². The summed E-state index contributed by atoms with van der Waals surface area (Å²) in [6.07, 6.45) is 1.59. The first-order chi connectivity index (χ1) is 11.1. The van der Waals surface area contributed by atoms with E-state index in [1.165, 1.54) is 0 Å². The van der Waals surface area contributed by atoms with Crippen molar-refractivity contribution in [3.8, 4) is 5.88 Å². The van der Waals surface area contributed by atoms with E-state index in [1.54, 1.807) is 30.5 Å². The summed E-state index contributed by atoms with van der Waals surface area (Å²) in [5.41, 5.74) is 11.4. The summed E-state index contributed by atoms with van der Waals surface area (Å²) in [6, 6.07) is 16.0. The maximum absolute atomic E-state index is 12.4. The summed E-state index contributed by atoms with van der Waals surface area (Å²) in [5.74, 6) is -0.462. The maximum Gasteiger partial charge on any atom is 0.347 e. The number of aliphatic imine (C=N–C) groups is 1. The summed E-state index contributed by atoms with van der Waals surface area (Å²) in [4.78, 5) is 20.5. The van der Waals surface area contributed by atoms with E-state index in [2.05, 4.69) is 9.98 Å². The predicted molar refractivity (Wildman–Crippen MR) is 88.6 cm³/mol. The number of para-hydroxylation sites is 1. The van der Waals surface area contributed by atoms with Gasteiger partial charge in [-0.15, -0.1) is 0 Å². The van der Waals surface area contributed by atoms with Gasteiger partial charge in [-0.05, 0) is 29.7 Å². The quantitative estimate of drug-likeness (QED) is 0.439. The van der Waals surface area contributed by atoms with E-state index in [9.17, 15) is 4.79 Å². The SMILES string of the molecule is NC(N)=Nc1ccccc1C(=O)Oc1nccc2ccccc12. The molecule has 6 nitrogen and oxygen atoms in total. The summed E-state index contributed by atoms with van der Waals surface area (Å²) < 4.78 is 5.44. The summed E-state index contributed by atoms with van der Waals surface area (Å²) in [7, 11) is 0. The normalized spacial score (nSPS) is 10.3. The Morgan fingerprint density at radius 1 is 1.00 bits per heavy atom. The molecule has 0 radical (unpaired) electrons. The molecule has 0 aliphatic carbocycles. The van der Waals surface area contributed by atoms with Crippen molar-refractivity contribution >= 4 is 28.4 Å². The molecule has 0 unspecified atom stereocenters. The number of pyridine rings is 1. The standard InChI is InChI=1S/C17H14N4O2/c18-17(19)21-14-8-4-3-7-13(14)16(22)23-15-12-6-2-1-5-11(12)9-10-20-15/h1-10H,(H4,18,19,21). The lowest BCUT2D eigenvalue weighted by molar-refractivity contribution is 0.0731. The molecule has 0 aliphatic heterocycles.